The number of halogens is 3. The molecule has 0 radical (unpaired) electrons. The Morgan fingerprint density at radius 3 is 2.24 bits per heavy atom. The van der Waals surface area contributed by atoms with Gasteiger partial charge in [-0.25, -0.2) is 4.21 Å². The van der Waals surface area contributed by atoms with Crippen LogP contribution in [0.5, 0.6) is 0 Å². The molecule has 0 spiro atoms. The van der Waals surface area contributed by atoms with Crippen LogP contribution in [0.15, 0.2) is 29.2 Å². The first-order chi connectivity index (χ1) is 7.26. The van der Waals surface area contributed by atoms with E-state index in [0.29, 0.717) is 0 Å². The molecule has 1 aliphatic rings. The van der Waals surface area contributed by atoms with E-state index in [4.69, 9.17) is 0 Å². The van der Waals surface area contributed by atoms with Crippen LogP contribution in [0.3, 0.4) is 0 Å². The highest BCUT2D eigenvalue weighted by molar-refractivity contribution is 8.32. The van der Waals surface area contributed by atoms with Crippen LogP contribution in [-0.2, 0) is 19.9 Å². The maximum Gasteiger partial charge on any atom is 0.499 e. The van der Waals surface area contributed by atoms with Gasteiger partial charge in [0.2, 0.25) is 0 Å². The summed E-state index contributed by atoms with van der Waals surface area (Å²) in [6, 6.07) is 5.13. The van der Waals surface area contributed by atoms with Crippen LogP contribution >= 0.6 is 0 Å². The molecule has 1 heterocycles. The van der Waals surface area contributed by atoms with Crippen molar-refractivity contribution in [1.82, 2.24) is 10.5 Å². The van der Waals surface area contributed by atoms with Gasteiger partial charge >= 0.3 is 6.30 Å². The average Bonchev–Trinajstić information content (AvgIpc) is 2.34. The zero-order chi connectivity index (χ0) is 12.1. The highest BCUT2D eigenvalue weighted by atomic mass is 32.8. The molecule has 2 rings (SSSR count). The third-order valence-corrected chi connectivity index (χ3v) is 4.80. The number of benzene rings is 1. The van der Waals surface area contributed by atoms with E-state index in [2.05, 4.69) is 11.2 Å². The summed E-state index contributed by atoms with van der Waals surface area (Å²) >= 11 is 4.42. The molecule has 9 heteroatoms. The van der Waals surface area contributed by atoms with Crippen molar-refractivity contribution in [2.75, 3.05) is 0 Å². The van der Waals surface area contributed by atoms with Crippen molar-refractivity contribution in [3.05, 3.63) is 29.8 Å². The summed E-state index contributed by atoms with van der Waals surface area (Å²) in [5.41, 5.74) is -0.250. The number of carbonyl (C=O) groups is 1. The Bertz CT molecular complexity index is 568. The van der Waals surface area contributed by atoms with Crippen molar-refractivity contribution in [3.8, 4) is 0 Å². The van der Waals surface area contributed by atoms with Crippen LogP contribution in [0.4, 0.5) is 13.2 Å². The lowest BCUT2D eigenvalue weighted by Crippen LogP contribution is -2.41. The van der Waals surface area contributed by atoms with Gasteiger partial charge in [-0.2, -0.15) is 4.31 Å². The molecule has 1 atom stereocenters. The van der Waals surface area contributed by atoms with Crippen molar-refractivity contribution in [3.63, 3.8) is 0 Å². The fourth-order valence-electron chi connectivity index (χ4n) is 1.44. The fourth-order valence-corrected chi connectivity index (χ4v) is 3.80. The lowest BCUT2D eigenvalue weighted by molar-refractivity contribution is -0.191. The molecule has 1 aromatic rings. The van der Waals surface area contributed by atoms with Crippen LogP contribution in [0.1, 0.15) is 10.4 Å². The Morgan fingerprint density at radius 1 is 1.24 bits per heavy atom. The number of fused-ring (bicyclic) bond motifs is 1. The van der Waals surface area contributed by atoms with Gasteiger partial charge in [-0.3, -0.25) is 4.79 Å². The van der Waals surface area contributed by atoms with Crippen LogP contribution in [0.25, 0.3) is 0 Å². The Kier molecular flexibility index (Phi) is 3.21. The minimum atomic E-state index is -5.03. The van der Waals surface area contributed by atoms with E-state index in [1.807, 2.05) is 0 Å². The van der Waals surface area contributed by atoms with E-state index < -0.39 is 25.2 Å². The third kappa shape index (κ3) is 1.90. The van der Waals surface area contributed by atoms with Gasteiger partial charge in [-0.1, -0.05) is 12.1 Å². The van der Waals surface area contributed by atoms with E-state index >= 15 is 0 Å². The average molecular weight is 284 g/mol. The molecule has 1 unspecified atom stereocenters. The Balaban J connectivity index is 0.00000144. The summed E-state index contributed by atoms with van der Waals surface area (Å²) in [5, 5.41) is 0. The first kappa shape index (κ1) is 13.9. The molecular weight excluding hydrogens is 277 g/mol. The topological polar surface area (TPSA) is 72.4 Å². The lowest BCUT2D eigenvalue weighted by Gasteiger charge is -2.19. The summed E-state index contributed by atoms with van der Waals surface area (Å²) < 4.78 is 48.7. The molecule has 0 fully saturated rings. The molecule has 0 saturated carbocycles. The number of rotatable bonds is 0. The molecule has 0 aromatic heterocycles. The van der Waals surface area contributed by atoms with Crippen molar-refractivity contribution in [1.29, 1.82) is 0 Å². The van der Waals surface area contributed by atoms with Gasteiger partial charge in [-0.15, -0.1) is 13.2 Å². The van der Waals surface area contributed by atoms with Crippen molar-refractivity contribution >= 4 is 25.8 Å². The Labute approximate surface area is 99.8 Å². The summed E-state index contributed by atoms with van der Waals surface area (Å²) in [5.74, 6) is -1.36. The first-order valence-corrected chi connectivity index (χ1v) is 6.46. The predicted molar refractivity (Wildman–Crippen MR) is 57.5 cm³/mol. The summed E-state index contributed by atoms with van der Waals surface area (Å²) in [6.45, 7) is 0. The van der Waals surface area contributed by atoms with E-state index in [-0.39, 0.29) is 16.6 Å². The molecule has 3 N–H and O–H groups in total. The van der Waals surface area contributed by atoms with Gasteiger partial charge in [0, 0.05) is 11.2 Å². The fraction of sp³-hybridized carbons (Fsp3) is 0.125. The van der Waals surface area contributed by atoms with Crippen LogP contribution in [-0.4, -0.2) is 20.7 Å². The number of alkyl halides is 3. The van der Waals surface area contributed by atoms with Gasteiger partial charge < -0.3 is 6.15 Å². The second kappa shape index (κ2) is 3.93. The maximum atomic E-state index is 12.5. The van der Waals surface area contributed by atoms with E-state index in [1.54, 1.807) is 0 Å². The lowest BCUT2D eigenvalue weighted by atomic mass is 10.2. The molecule has 0 saturated heterocycles. The minimum Gasteiger partial charge on any atom is -0.344 e. The number of carbonyl (C=O) groups excluding carboxylic acids is 1. The Morgan fingerprint density at radius 2 is 1.76 bits per heavy atom. The minimum absolute atomic E-state index is 0. The Hall–Kier alpha value is -1.19. The van der Waals surface area contributed by atoms with Crippen LogP contribution < -0.4 is 6.15 Å². The highest BCUT2D eigenvalue weighted by Crippen LogP contribution is 2.38. The van der Waals surface area contributed by atoms with E-state index in [1.165, 1.54) is 24.3 Å². The van der Waals surface area contributed by atoms with Gasteiger partial charge in [0.15, 0.2) is 8.68 Å². The summed E-state index contributed by atoms with van der Waals surface area (Å²) in [7, 11) is -3.96. The second-order valence-corrected chi connectivity index (χ2v) is 6.15. The van der Waals surface area contributed by atoms with Crippen molar-refractivity contribution in [2.45, 2.75) is 11.2 Å². The molecule has 1 amide bonds. The SMILES string of the molecule is N.O=C1c2ccccc2S(=O)(=S)N1C(F)(F)F. The van der Waals surface area contributed by atoms with Crippen molar-refractivity contribution in [2.24, 2.45) is 0 Å². The molecule has 17 heavy (non-hydrogen) atoms. The largest absolute Gasteiger partial charge is 0.499 e. The normalized spacial score (nSPS) is 23.2. The second-order valence-electron chi connectivity index (χ2n) is 3.04. The molecular formula is C8H7F3N2O2S2. The first-order valence-electron chi connectivity index (χ1n) is 4.02. The molecule has 1 aliphatic heterocycles. The molecule has 0 bridgehead atoms. The number of hydrogen-bond acceptors (Lipinski definition) is 4. The number of nitrogens with zero attached hydrogens (tertiary/aromatic N) is 1. The number of hydrogen-bond donors (Lipinski definition) is 1. The van der Waals surface area contributed by atoms with Crippen LogP contribution in [0, 0.1) is 0 Å². The van der Waals surface area contributed by atoms with Gasteiger partial charge in [0.25, 0.3) is 5.91 Å². The van der Waals surface area contributed by atoms with Crippen molar-refractivity contribution < 1.29 is 22.2 Å². The molecule has 4 nitrogen and oxygen atoms in total. The van der Waals surface area contributed by atoms with E-state index in [9.17, 15) is 22.2 Å². The zero-order valence-corrected chi connectivity index (χ0v) is 9.86. The standard InChI is InChI=1S/C8H4F3NO2S2.H3N/c9-8(10,11)12-7(13)5-3-1-2-4-6(5)16(12,14)15;/h1-4H;1H3. The molecule has 1 aromatic carbocycles. The highest BCUT2D eigenvalue weighted by Gasteiger charge is 2.53. The van der Waals surface area contributed by atoms with E-state index in [0.717, 1.165) is 0 Å². The number of amides is 1. The van der Waals surface area contributed by atoms with Gasteiger partial charge in [0.05, 0.1) is 10.5 Å². The quantitative estimate of drug-likeness (QED) is 0.738. The molecule has 94 valence electrons. The zero-order valence-electron chi connectivity index (χ0n) is 8.23. The summed E-state index contributed by atoms with van der Waals surface area (Å²) in [4.78, 5) is 11.2. The molecule has 0 aliphatic carbocycles. The van der Waals surface area contributed by atoms with Gasteiger partial charge in [-0.05, 0) is 12.1 Å². The third-order valence-electron chi connectivity index (χ3n) is 2.05. The predicted octanol–water partition coefficient (Wildman–Crippen LogP) is 1.84. The maximum absolute atomic E-state index is 12.5. The summed E-state index contributed by atoms with van der Waals surface area (Å²) in [6.07, 6.45) is -5.03. The van der Waals surface area contributed by atoms with Gasteiger partial charge in [0.1, 0.15) is 0 Å². The smallest absolute Gasteiger partial charge is 0.344 e. The van der Waals surface area contributed by atoms with Crippen LogP contribution in [0.2, 0.25) is 0 Å². The monoisotopic (exact) mass is 284 g/mol.